The molecule has 1 aromatic carbocycles. The van der Waals surface area contributed by atoms with E-state index in [0.29, 0.717) is 30.7 Å². The lowest BCUT2D eigenvalue weighted by atomic mass is 10.1. The van der Waals surface area contributed by atoms with Gasteiger partial charge in [0.1, 0.15) is 5.69 Å². The molecule has 0 fully saturated rings. The Balaban J connectivity index is 1.89. The van der Waals surface area contributed by atoms with Gasteiger partial charge in [-0.3, -0.25) is 4.40 Å². The highest BCUT2D eigenvalue weighted by Crippen LogP contribution is 2.33. The summed E-state index contributed by atoms with van der Waals surface area (Å²) in [5, 5.41) is 11.9. The highest BCUT2D eigenvalue weighted by molar-refractivity contribution is 5.94. The Morgan fingerprint density at radius 3 is 2.86 bits per heavy atom. The first-order valence-electron chi connectivity index (χ1n) is 9.90. The molecule has 1 atom stereocenters. The summed E-state index contributed by atoms with van der Waals surface area (Å²) in [5.41, 5.74) is 12.3. The van der Waals surface area contributed by atoms with Gasteiger partial charge >= 0.3 is 0 Å². The standard InChI is InChI=1S/C21H25N7O/c1-3-13(2)19-21(29)27-12-18(15-11-24-16-8-5-4-7-14(15)16)25-17(20(27)26-19)9-6-10-28(22)23/h4-5,7-8,11-13,24H,3,6,9-10H2,1-2H3,(H3-,22,23,25,29)/p+1. The number of nitrogens with two attached hydrogens (primary N) is 1. The zero-order chi connectivity index (χ0) is 20.5. The van der Waals surface area contributed by atoms with Crippen molar-refractivity contribution in [3.05, 3.63) is 48.0 Å². The van der Waals surface area contributed by atoms with Crippen molar-refractivity contribution in [3.8, 4) is 17.1 Å². The monoisotopic (exact) mass is 392 g/mol. The first-order chi connectivity index (χ1) is 14.0. The SMILES string of the molecule is CCC(C)c1nc2c(CCC[N+](=N)N)nc(-c3c[nH]c4ccccc34)cn2c1O. The third-order valence-corrected chi connectivity index (χ3v) is 5.43. The van der Waals surface area contributed by atoms with Gasteiger partial charge in [0.15, 0.2) is 12.2 Å². The van der Waals surface area contributed by atoms with Crippen LogP contribution >= 0.6 is 0 Å². The number of fused-ring (bicyclic) bond motifs is 2. The van der Waals surface area contributed by atoms with Gasteiger partial charge in [0.05, 0.1) is 11.4 Å². The summed E-state index contributed by atoms with van der Waals surface area (Å²) in [7, 11) is 0. The van der Waals surface area contributed by atoms with Crippen LogP contribution in [0.4, 0.5) is 0 Å². The normalized spacial score (nSPS) is 12.6. The minimum absolute atomic E-state index is 0.145. The molecule has 150 valence electrons. The van der Waals surface area contributed by atoms with E-state index in [1.165, 1.54) is 0 Å². The van der Waals surface area contributed by atoms with Crippen molar-refractivity contribution in [1.82, 2.24) is 19.4 Å². The van der Waals surface area contributed by atoms with Gasteiger partial charge in [-0.05, 0) is 29.2 Å². The summed E-state index contributed by atoms with van der Waals surface area (Å²) in [6.07, 6.45) is 5.96. The van der Waals surface area contributed by atoms with Gasteiger partial charge < -0.3 is 10.1 Å². The van der Waals surface area contributed by atoms with E-state index in [9.17, 15) is 5.11 Å². The number of rotatable bonds is 7. The summed E-state index contributed by atoms with van der Waals surface area (Å²) < 4.78 is 1.74. The topological polar surface area (TPSA) is 119 Å². The van der Waals surface area contributed by atoms with Crippen LogP contribution in [0, 0.1) is 5.53 Å². The molecule has 0 aliphatic heterocycles. The number of hydrazine groups is 1. The molecule has 1 unspecified atom stereocenters. The van der Waals surface area contributed by atoms with Gasteiger partial charge in [0.2, 0.25) is 5.88 Å². The van der Waals surface area contributed by atoms with Crippen LogP contribution in [0.25, 0.3) is 27.8 Å². The molecule has 0 radical (unpaired) electrons. The van der Waals surface area contributed by atoms with Crippen molar-refractivity contribution in [2.45, 2.75) is 39.0 Å². The molecule has 3 heterocycles. The second kappa shape index (κ2) is 7.54. The molecule has 0 spiro atoms. The zero-order valence-corrected chi connectivity index (χ0v) is 16.7. The number of aryl methyl sites for hydroxylation is 1. The van der Waals surface area contributed by atoms with E-state index < -0.39 is 0 Å². The first kappa shape index (κ1) is 18.9. The fraction of sp³-hybridized carbons (Fsp3) is 0.333. The Hall–Kier alpha value is -3.42. The third-order valence-electron chi connectivity index (χ3n) is 5.43. The second-order valence-electron chi connectivity index (χ2n) is 7.44. The quantitative estimate of drug-likeness (QED) is 0.165. The Labute approximate surface area is 168 Å². The highest BCUT2D eigenvalue weighted by Gasteiger charge is 2.21. The van der Waals surface area contributed by atoms with Gasteiger partial charge in [0.25, 0.3) is 0 Å². The second-order valence-corrected chi connectivity index (χ2v) is 7.44. The van der Waals surface area contributed by atoms with Crippen LogP contribution in [0.2, 0.25) is 0 Å². The molecule has 4 rings (SSSR count). The molecule has 0 amide bonds. The minimum atomic E-state index is 0.145. The first-order valence-corrected chi connectivity index (χ1v) is 9.90. The zero-order valence-electron chi connectivity index (χ0n) is 16.7. The summed E-state index contributed by atoms with van der Waals surface area (Å²) in [4.78, 5) is 13.8. The Kier molecular flexibility index (Phi) is 4.92. The van der Waals surface area contributed by atoms with Crippen LogP contribution in [-0.2, 0) is 6.42 Å². The van der Waals surface area contributed by atoms with E-state index >= 15 is 0 Å². The lowest BCUT2D eigenvalue weighted by Gasteiger charge is -2.07. The molecule has 8 nitrogen and oxygen atoms in total. The number of hydrogen-bond donors (Lipinski definition) is 4. The Bertz CT molecular complexity index is 1190. The molecule has 8 heteroatoms. The minimum Gasteiger partial charge on any atom is -0.493 e. The predicted molar refractivity (Wildman–Crippen MR) is 111 cm³/mol. The molecular weight excluding hydrogens is 366 g/mol. The van der Waals surface area contributed by atoms with Crippen molar-refractivity contribution in [3.63, 3.8) is 0 Å². The van der Waals surface area contributed by atoms with Crippen LogP contribution in [0.3, 0.4) is 0 Å². The van der Waals surface area contributed by atoms with Crippen molar-refractivity contribution >= 4 is 16.6 Å². The molecule has 4 aromatic rings. The third kappa shape index (κ3) is 3.41. The number of aromatic amines is 1. The number of para-hydroxylation sites is 1. The van der Waals surface area contributed by atoms with Gasteiger partial charge in [-0.25, -0.2) is 9.97 Å². The summed E-state index contributed by atoms with van der Waals surface area (Å²) in [6.45, 7) is 4.56. The molecule has 29 heavy (non-hydrogen) atoms. The molecule has 0 saturated heterocycles. The maximum Gasteiger partial charge on any atom is 0.219 e. The number of aromatic nitrogens is 4. The van der Waals surface area contributed by atoms with E-state index in [1.807, 2.05) is 30.6 Å². The Morgan fingerprint density at radius 2 is 2.10 bits per heavy atom. The lowest BCUT2D eigenvalue weighted by Crippen LogP contribution is -2.17. The number of nitrogens with zero attached hydrogens (tertiary/aromatic N) is 4. The van der Waals surface area contributed by atoms with E-state index in [0.717, 1.165) is 39.1 Å². The van der Waals surface area contributed by atoms with Crippen LogP contribution in [0.5, 0.6) is 5.88 Å². The number of H-pyrrole nitrogens is 1. The Morgan fingerprint density at radius 1 is 1.31 bits per heavy atom. The van der Waals surface area contributed by atoms with Crippen molar-refractivity contribution in [2.24, 2.45) is 5.84 Å². The van der Waals surface area contributed by atoms with Gasteiger partial charge in [-0.2, -0.15) is 5.84 Å². The van der Waals surface area contributed by atoms with Crippen LogP contribution in [0.1, 0.15) is 44.0 Å². The molecule has 5 N–H and O–H groups in total. The summed E-state index contributed by atoms with van der Waals surface area (Å²) in [6, 6.07) is 8.07. The van der Waals surface area contributed by atoms with E-state index in [2.05, 4.69) is 24.9 Å². The van der Waals surface area contributed by atoms with E-state index in [4.69, 9.17) is 21.3 Å². The number of aromatic hydroxyl groups is 1. The average molecular weight is 392 g/mol. The lowest BCUT2D eigenvalue weighted by molar-refractivity contribution is -0.626. The largest absolute Gasteiger partial charge is 0.493 e. The fourth-order valence-electron chi connectivity index (χ4n) is 3.64. The fourth-order valence-corrected chi connectivity index (χ4v) is 3.64. The summed E-state index contributed by atoms with van der Waals surface area (Å²) in [5.74, 6) is 5.75. The highest BCUT2D eigenvalue weighted by atomic mass is 16.3. The number of nitrogens with one attached hydrogen (secondary N) is 2. The van der Waals surface area contributed by atoms with Gasteiger partial charge in [-0.1, -0.05) is 32.0 Å². The van der Waals surface area contributed by atoms with Crippen LogP contribution in [-0.4, -0.2) is 35.8 Å². The summed E-state index contributed by atoms with van der Waals surface area (Å²) >= 11 is 0. The van der Waals surface area contributed by atoms with Crippen LogP contribution in [0.15, 0.2) is 36.7 Å². The molecule has 0 aliphatic rings. The van der Waals surface area contributed by atoms with Gasteiger partial charge in [0, 0.05) is 41.2 Å². The van der Waals surface area contributed by atoms with Crippen molar-refractivity contribution in [1.29, 1.82) is 5.53 Å². The maximum absolute atomic E-state index is 10.9. The molecule has 0 aliphatic carbocycles. The molecule has 0 bridgehead atoms. The molecule has 3 aromatic heterocycles. The smallest absolute Gasteiger partial charge is 0.219 e. The van der Waals surface area contributed by atoms with E-state index in [-0.39, 0.29) is 11.8 Å². The molecule has 0 saturated carbocycles. The van der Waals surface area contributed by atoms with Gasteiger partial charge in [-0.15, -0.1) is 0 Å². The van der Waals surface area contributed by atoms with Crippen molar-refractivity contribution < 1.29 is 9.91 Å². The number of benzene rings is 1. The molecular formula is C21H26N7O+. The van der Waals surface area contributed by atoms with Crippen molar-refractivity contribution in [2.75, 3.05) is 6.54 Å². The average Bonchev–Trinajstić information content (AvgIpc) is 3.29. The number of hydrogen-bond acceptors (Lipinski definition) is 4. The van der Waals surface area contributed by atoms with E-state index in [1.54, 1.807) is 4.40 Å². The maximum atomic E-state index is 10.9. The number of imidazole rings is 1. The predicted octanol–water partition coefficient (Wildman–Crippen LogP) is 3.95. The van der Waals surface area contributed by atoms with Crippen LogP contribution < -0.4 is 5.84 Å².